The third kappa shape index (κ3) is 40.3. The predicted molar refractivity (Wildman–Crippen MR) is 226 cm³/mol. The number of hydrogen-bond donors (Lipinski definition) is 1. The van der Waals surface area contributed by atoms with Crippen LogP contribution in [0.5, 0.6) is 0 Å². The van der Waals surface area contributed by atoms with Crippen molar-refractivity contribution in [3.8, 4) is 0 Å². The molecule has 0 amide bonds. The van der Waals surface area contributed by atoms with Crippen molar-refractivity contribution in [1.82, 2.24) is 0 Å². The number of rotatable bonds is 43. The van der Waals surface area contributed by atoms with Gasteiger partial charge in [0.25, 0.3) is 6.29 Å². The molecular formula is C46H90NO8+. The van der Waals surface area contributed by atoms with Gasteiger partial charge in [0.1, 0.15) is 13.2 Å². The number of nitrogens with zero attached hydrogens (tertiary/aromatic N) is 1. The number of unbranched alkanes of at least 4 members (excludes halogenated alkanes) is 28. The van der Waals surface area contributed by atoms with Crippen LogP contribution in [0.3, 0.4) is 0 Å². The van der Waals surface area contributed by atoms with E-state index in [1.54, 1.807) is 0 Å². The van der Waals surface area contributed by atoms with Crippen LogP contribution in [-0.4, -0.2) is 87.4 Å². The van der Waals surface area contributed by atoms with Crippen LogP contribution in [0.1, 0.15) is 219 Å². The van der Waals surface area contributed by atoms with Gasteiger partial charge in [0, 0.05) is 12.8 Å². The Bertz CT molecular complexity index is 876. The van der Waals surface area contributed by atoms with E-state index in [9.17, 15) is 19.5 Å². The van der Waals surface area contributed by atoms with Crippen LogP contribution in [0.15, 0.2) is 0 Å². The molecule has 2 unspecified atom stereocenters. The second-order valence-electron chi connectivity index (χ2n) is 17.1. The van der Waals surface area contributed by atoms with E-state index < -0.39 is 18.4 Å². The van der Waals surface area contributed by atoms with Crippen LogP contribution in [0.25, 0.3) is 0 Å². The molecule has 0 heterocycles. The van der Waals surface area contributed by atoms with E-state index in [0.29, 0.717) is 17.4 Å². The van der Waals surface area contributed by atoms with Gasteiger partial charge in [-0.05, 0) is 12.8 Å². The van der Waals surface area contributed by atoms with E-state index in [1.807, 2.05) is 21.1 Å². The number of ether oxygens (including phenoxy) is 4. The monoisotopic (exact) mass is 785 g/mol. The van der Waals surface area contributed by atoms with Crippen molar-refractivity contribution < 1.29 is 42.9 Å². The lowest BCUT2D eigenvalue weighted by Gasteiger charge is -2.25. The molecule has 0 aromatic heterocycles. The molecule has 9 nitrogen and oxygen atoms in total. The summed E-state index contributed by atoms with van der Waals surface area (Å²) < 4.78 is 22.8. The van der Waals surface area contributed by atoms with E-state index in [2.05, 4.69) is 13.8 Å². The van der Waals surface area contributed by atoms with Gasteiger partial charge in [-0.2, -0.15) is 0 Å². The summed E-state index contributed by atoms with van der Waals surface area (Å²) in [5.41, 5.74) is 0. The first-order chi connectivity index (χ1) is 26.6. The van der Waals surface area contributed by atoms with Gasteiger partial charge in [-0.1, -0.05) is 194 Å². The second-order valence-corrected chi connectivity index (χ2v) is 17.1. The molecular weight excluding hydrogens is 695 g/mol. The van der Waals surface area contributed by atoms with Crippen molar-refractivity contribution in [2.45, 2.75) is 232 Å². The summed E-state index contributed by atoms with van der Waals surface area (Å²) >= 11 is 0. The van der Waals surface area contributed by atoms with Gasteiger partial charge >= 0.3 is 17.9 Å². The van der Waals surface area contributed by atoms with Gasteiger partial charge in [-0.15, -0.1) is 0 Å². The van der Waals surface area contributed by atoms with Crippen molar-refractivity contribution in [1.29, 1.82) is 0 Å². The van der Waals surface area contributed by atoms with Gasteiger partial charge in [-0.3, -0.25) is 9.59 Å². The highest BCUT2D eigenvalue weighted by Gasteiger charge is 2.25. The number of hydrogen-bond acceptors (Lipinski definition) is 7. The fraction of sp³-hybridized carbons (Fsp3) is 0.935. The highest BCUT2D eigenvalue weighted by molar-refractivity contribution is 5.71. The Hall–Kier alpha value is -1.71. The van der Waals surface area contributed by atoms with Crippen LogP contribution >= 0.6 is 0 Å². The molecule has 0 fully saturated rings. The van der Waals surface area contributed by atoms with Crippen LogP contribution < -0.4 is 0 Å². The molecule has 9 heteroatoms. The number of carboxylic acid groups (broad SMARTS) is 1. The summed E-state index contributed by atoms with van der Waals surface area (Å²) in [4.78, 5) is 37.1. The summed E-state index contributed by atoms with van der Waals surface area (Å²) in [6, 6.07) is 0. The molecule has 326 valence electrons. The predicted octanol–water partition coefficient (Wildman–Crippen LogP) is 12.1. The third-order valence-electron chi connectivity index (χ3n) is 10.4. The summed E-state index contributed by atoms with van der Waals surface area (Å²) in [5, 5.41) is 9.63. The number of likely N-dealkylation sites (N-methyl/N-ethyl adjacent to an activating group) is 1. The zero-order chi connectivity index (χ0) is 40.7. The first-order valence-electron chi connectivity index (χ1n) is 23.2. The quantitative estimate of drug-likeness (QED) is 0.0282. The molecule has 0 rings (SSSR count). The molecule has 0 aliphatic heterocycles. The molecule has 0 aromatic rings. The van der Waals surface area contributed by atoms with Gasteiger partial charge in [0.15, 0.2) is 6.10 Å². The lowest BCUT2D eigenvalue weighted by atomic mass is 10.0. The normalized spacial score (nSPS) is 12.8. The number of esters is 2. The first kappa shape index (κ1) is 53.3. The molecule has 0 saturated carbocycles. The maximum Gasteiger partial charge on any atom is 0.361 e. The maximum atomic E-state index is 12.8. The molecule has 0 radical (unpaired) electrons. The van der Waals surface area contributed by atoms with E-state index >= 15 is 0 Å². The zero-order valence-corrected chi connectivity index (χ0v) is 36.9. The van der Waals surface area contributed by atoms with Crippen LogP contribution in [0.2, 0.25) is 0 Å². The fourth-order valence-electron chi connectivity index (χ4n) is 6.72. The fourth-order valence-corrected chi connectivity index (χ4v) is 6.72. The third-order valence-corrected chi connectivity index (χ3v) is 10.4. The van der Waals surface area contributed by atoms with Gasteiger partial charge in [-0.25, -0.2) is 4.79 Å². The topological polar surface area (TPSA) is 108 Å². The Morgan fingerprint density at radius 1 is 0.473 bits per heavy atom. The Balaban J connectivity index is 4.38. The smallest absolute Gasteiger partial charge is 0.361 e. The molecule has 0 aliphatic carbocycles. The van der Waals surface area contributed by atoms with Gasteiger partial charge in [0.05, 0.1) is 34.4 Å². The summed E-state index contributed by atoms with van der Waals surface area (Å²) in [6.07, 6.45) is 35.8. The molecule has 2 atom stereocenters. The Labute approximate surface area is 339 Å². The van der Waals surface area contributed by atoms with Gasteiger partial charge < -0.3 is 28.5 Å². The van der Waals surface area contributed by atoms with Crippen molar-refractivity contribution >= 4 is 17.9 Å². The van der Waals surface area contributed by atoms with Crippen molar-refractivity contribution in [2.24, 2.45) is 0 Å². The average Bonchev–Trinajstić information content (AvgIpc) is 3.14. The molecule has 0 bridgehead atoms. The molecule has 0 spiro atoms. The zero-order valence-electron chi connectivity index (χ0n) is 36.9. The Morgan fingerprint density at radius 2 is 0.818 bits per heavy atom. The minimum atomic E-state index is -1.50. The van der Waals surface area contributed by atoms with Crippen molar-refractivity contribution in [3.05, 3.63) is 0 Å². The van der Waals surface area contributed by atoms with Crippen molar-refractivity contribution in [2.75, 3.05) is 47.5 Å². The summed E-state index contributed by atoms with van der Waals surface area (Å²) in [6.45, 7) is 4.91. The SMILES string of the molecule is CCCCCCCCCCCCCCCCCC(=O)OCC(COC(OCC[N+](C)(C)C)C(=O)O)OC(=O)CCCCCCCCCCCCCCCCC. The summed E-state index contributed by atoms with van der Waals surface area (Å²) in [7, 11) is 5.96. The second kappa shape index (κ2) is 39.1. The number of quaternary nitrogens is 1. The number of carboxylic acids is 1. The minimum absolute atomic E-state index is 0.173. The standard InChI is InChI=1S/C46H89NO8/c1-6-8-10-12-14-16-18-20-22-24-26-28-30-32-34-36-43(48)53-40-42(41-54-46(45(50)51)52-39-38-47(3,4)5)55-44(49)37-35-33-31-29-27-25-23-21-19-17-15-13-11-9-7-2/h42,46H,6-41H2,1-5H3/p+1. The number of carbonyl (C=O) groups is 3. The molecule has 0 aromatic carbocycles. The molecule has 1 N–H and O–H groups in total. The highest BCUT2D eigenvalue weighted by atomic mass is 16.7. The average molecular weight is 785 g/mol. The lowest BCUT2D eigenvalue weighted by molar-refractivity contribution is -0.870. The minimum Gasteiger partial charge on any atom is -0.477 e. The van der Waals surface area contributed by atoms with E-state index in [-0.39, 0.29) is 38.2 Å². The highest BCUT2D eigenvalue weighted by Crippen LogP contribution is 2.16. The van der Waals surface area contributed by atoms with Crippen LogP contribution in [0, 0.1) is 0 Å². The number of carbonyl (C=O) groups excluding carboxylic acids is 2. The Kier molecular flexibility index (Phi) is 37.9. The van der Waals surface area contributed by atoms with E-state index in [0.717, 1.165) is 38.5 Å². The first-order valence-corrected chi connectivity index (χ1v) is 23.2. The molecule has 55 heavy (non-hydrogen) atoms. The Morgan fingerprint density at radius 3 is 1.16 bits per heavy atom. The summed E-state index contributed by atoms with van der Waals surface area (Å²) in [5.74, 6) is -1.99. The van der Waals surface area contributed by atoms with E-state index in [1.165, 1.54) is 154 Å². The molecule has 0 aliphatic rings. The largest absolute Gasteiger partial charge is 0.477 e. The van der Waals surface area contributed by atoms with Crippen molar-refractivity contribution in [3.63, 3.8) is 0 Å². The molecule has 0 saturated heterocycles. The maximum absolute atomic E-state index is 12.8. The van der Waals surface area contributed by atoms with Gasteiger partial charge in [0.2, 0.25) is 0 Å². The number of aliphatic carboxylic acids is 1. The van der Waals surface area contributed by atoms with Crippen LogP contribution in [0.4, 0.5) is 0 Å². The van der Waals surface area contributed by atoms with E-state index in [4.69, 9.17) is 18.9 Å². The van der Waals surface area contributed by atoms with Crippen LogP contribution in [-0.2, 0) is 33.3 Å². The lowest BCUT2D eigenvalue weighted by Crippen LogP contribution is -2.40.